The lowest BCUT2D eigenvalue weighted by atomic mass is 10.2. The maximum Gasteiger partial charge on any atom is 0.408 e. The number of rotatable bonds is 13. The summed E-state index contributed by atoms with van der Waals surface area (Å²) in [5, 5.41) is 6.83. The lowest BCUT2D eigenvalue weighted by molar-refractivity contribution is -0.142. The second-order valence-electron chi connectivity index (χ2n) is 10.4. The van der Waals surface area contributed by atoms with Gasteiger partial charge in [-0.1, -0.05) is 6.07 Å². The molecule has 1 amide bonds. The van der Waals surface area contributed by atoms with Crippen molar-refractivity contribution in [1.82, 2.24) is 14.8 Å². The van der Waals surface area contributed by atoms with Crippen molar-refractivity contribution >= 4 is 50.1 Å². The molecule has 10 nitrogen and oxygen atoms in total. The van der Waals surface area contributed by atoms with Gasteiger partial charge in [-0.3, -0.25) is 19.1 Å². The van der Waals surface area contributed by atoms with E-state index >= 15 is 0 Å². The van der Waals surface area contributed by atoms with E-state index in [9.17, 15) is 14.4 Å². The number of unbranched alkanes of at least 4 members (excludes halogenated alkanes) is 1. The highest BCUT2D eigenvalue weighted by Crippen LogP contribution is 2.31. The number of esters is 1. The molecule has 2 aromatic heterocycles. The Morgan fingerprint density at radius 3 is 2.65 bits per heavy atom. The minimum Gasteiger partial charge on any atom is -0.494 e. The first-order valence-corrected chi connectivity index (χ1v) is 15.7. The van der Waals surface area contributed by atoms with Gasteiger partial charge in [-0.05, 0) is 73.5 Å². The number of thiophene rings is 1. The van der Waals surface area contributed by atoms with Crippen molar-refractivity contribution in [3.05, 3.63) is 70.3 Å². The minimum absolute atomic E-state index is 0.0432. The van der Waals surface area contributed by atoms with Crippen molar-refractivity contribution in [2.45, 2.75) is 32.9 Å². The molecule has 11 heteroatoms. The van der Waals surface area contributed by atoms with Gasteiger partial charge in [0.2, 0.25) is 0 Å². The van der Waals surface area contributed by atoms with Gasteiger partial charge in [0.1, 0.15) is 5.75 Å². The molecule has 3 heterocycles. The zero-order chi connectivity index (χ0) is 30.0. The molecule has 1 N–H and O–H groups in total. The van der Waals surface area contributed by atoms with E-state index in [1.165, 1.54) is 26.4 Å². The third-order valence-electron chi connectivity index (χ3n) is 7.52. The molecule has 0 radical (unpaired) electrons. The van der Waals surface area contributed by atoms with Gasteiger partial charge in [-0.15, -0.1) is 11.3 Å². The van der Waals surface area contributed by atoms with E-state index < -0.39 is 12.1 Å². The van der Waals surface area contributed by atoms with E-state index in [0.717, 1.165) is 51.0 Å². The van der Waals surface area contributed by atoms with Crippen LogP contribution in [0.15, 0.2) is 64.8 Å². The van der Waals surface area contributed by atoms with Crippen LogP contribution in [0.4, 0.5) is 10.5 Å². The molecule has 2 aromatic carbocycles. The average Bonchev–Trinajstić information content (AvgIpc) is 3.50. The number of hydrogen-bond donors (Lipinski definition) is 1. The molecule has 43 heavy (non-hydrogen) atoms. The molecule has 0 atom stereocenters. The van der Waals surface area contributed by atoms with Crippen molar-refractivity contribution in [3.8, 4) is 5.75 Å². The number of carbonyl (C=O) groups excluding carboxylic acids is 2. The Kier molecular flexibility index (Phi) is 10.5. The largest absolute Gasteiger partial charge is 0.494 e. The average molecular weight is 607 g/mol. The van der Waals surface area contributed by atoms with Gasteiger partial charge in [-0.25, -0.2) is 4.79 Å². The third-order valence-corrected chi connectivity index (χ3v) is 8.40. The lowest BCUT2D eigenvalue weighted by Crippen LogP contribution is -2.46. The topological polar surface area (TPSA) is 102 Å². The molecule has 1 aliphatic heterocycles. The molecule has 5 rings (SSSR count). The van der Waals surface area contributed by atoms with Crippen LogP contribution in [0, 0.1) is 0 Å². The van der Waals surface area contributed by atoms with Crippen molar-refractivity contribution in [1.29, 1.82) is 0 Å². The van der Waals surface area contributed by atoms with Crippen LogP contribution in [-0.2, 0) is 21.0 Å². The number of piperazine rings is 1. The van der Waals surface area contributed by atoms with Crippen molar-refractivity contribution < 1.29 is 23.8 Å². The van der Waals surface area contributed by atoms with Crippen LogP contribution in [0.3, 0.4) is 0 Å². The van der Waals surface area contributed by atoms with E-state index in [1.807, 2.05) is 12.1 Å². The maximum absolute atomic E-state index is 12.6. The Morgan fingerprint density at radius 2 is 1.81 bits per heavy atom. The second-order valence-corrected chi connectivity index (χ2v) is 11.3. The molecule has 1 saturated heterocycles. The quantitative estimate of drug-likeness (QED) is 0.171. The normalized spacial score (nSPS) is 13.7. The first-order chi connectivity index (χ1) is 21.0. The number of carbonyl (C=O) groups is 2. The van der Waals surface area contributed by atoms with E-state index in [4.69, 9.17) is 14.2 Å². The summed E-state index contributed by atoms with van der Waals surface area (Å²) in [6.45, 7) is 7.60. The summed E-state index contributed by atoms with van der Waals surface area (Å²) in [5.41, 5.74) is 1.66. The minimum atomic E-state index is -0.721. The summed E-state index contributed by atoms with van der Waals surface area (Å²) in [4.78, 5) is 41.1. The monoisotopic (exact) mass is 606 g/mol. The van der Waals surface area contributed by atoms with Crippen molar-refractivity contribution in [2.75, 3.05) is 57.4 Å². The second kappa shape index (κ2) is 14.9. The third kappa shape index (κ3) is 8.05. The first kappa shape index (κ1) is 30.4. The van der Waals surface area contributed by atoms with E-state index in [0.29, 0.717) is 17.9 Å². The van der Waals surface area contributed by atoms with Gasteiger partial charge in [-0.2, -0.15) is 0 Å². The number of benzene rings is 2. The molecule has 1 fully saturated rings. The molecule has 228 valence electrons. The number of fused-ring (bicyclic) bond motifs is 2. The van der Waals surface area contributed by atoms with Crippen molar-refractivity contribution in [2.24, 2.45) is 0 Å². The Morgan fingerprint density at radius 1 is 0.977 bits per heavy atom. The molecular formula is C32H38N4O6S. The molecule has 0 unspecified atom stereocenters. The molecule has 0 saturated carbocycles. The smallest absolute Gasteiger partial charge is 0.408 e. The van der Waals surface area contributed by atoms with E-state index in [1.54, 1.807) is 30.4 Å². The Hall–Kier alpha value is -4.09. The molecule has 0 aliphatic carbocycles. The highest BCUT2D eigenvalue weighted by molar-refractivity contribution is 7.17. The van der Waals surface area contributed by atoms with E-state index in [2.05, 4.69) is 44.8 Å². The van der Waals surface area contributed by atoms with Crippen LogP contribution in [0.5, 0.6) is 5.75 Å². The fraction of sp³-hybridized carbons (Fsp3) is 0.406. The summed E-state index contributed by atoms with van der Waals surface area (Å²) in [5.74, 6) is 0.254. The number of pyridine rings is 1. The van der Waals surface area contributed by atoms with E-state index in [-0.39, 0.29) is 31.9 Å². The fourth-order valence-electron chi connectivity index (χ4n) is 5.26. The summed E-state index contributed by atoms with van der Waals surface area (Å²) in [6.07, 6.45) is 1.28. The summed E-state index contributed by atoms with van der Waals surface area (Å²) in [7, 11) is 0. The highest BCUT2D eigenvalue weighted by Gasteiger charge is 2.18. The van der Waals surface area contributed by atoms with Crippen LogP contribution >= 0.6 is 11.3 Å². The number of amides is 1. The lowest BCUT2D eigenvalue weighted by Gasteiger charge is -2.36. The van der Waals surface area contributed by atoms with Gasteiger partial charge in [0.25, 0.3) is 5.56 Å². The number of alkyl carbamates (subject to hydrolysis) is 1. The zero-order valence-electron chi connectivity index (χ0n) is 24.5. The number of aromatic nitrogens is 1. The molecule has 1 aliphatic rings. The van der Waals surface area contributed by atoms with Crippen LogP contribution in [0.1, 0.15) is 26.2 Å². The fourth-order valence-corrected chi connectivity index (χ4v) is 6.07. The zero-order valence-corrected chi connectivity index (χ0v) is 25.3. The van der Waals surface area contributed by atoms with Gasteiger partial charge in [0.15, 0.2) is 6.73 Å². The summed E-state index contributed by atoms with van der Waals surface area (Å²) in [6, 6.07) is 17.5. The van der Waals surface area contributed by atoms with Gasteiger partial charge >= 0.3 is 12.1 Å². The first-order valence-electron chi connectivity index (χ1n) is 14.8. The number of ether oxygens (including phenoxy) is 3. The van der Waals surface area contributed by atoms with Gasteiger partial charge in [0, 0.05) is 60.6 Å². The van der Waals surface area contributed by atoms with Crippen LogP contribution in [0.2, 0.25) is 0 Å². The molecular weight excluding hydrogens is 568 g/mol. The van der Waals surface area contributed by atoms with Crippen molar-refractivity contribution in [3.63, 3.8) is 0 Å². The standard InChI is InChI=1S/C32H38N4O6S/c1-2-40-31(38)12-14-33-32(39)42-23-36-28-22-25(10-8-24(28)9-11-30(36)37)41-20-4-3-15-34-16-18-35(19-17-34)27-6-5-7-29-26(27)13-21-43-29/h5-11,13,21-22H,2-4,12,14-20,23H2,1H3,(H,33,39). The summed E-state index contributed by atoms with van der Waals surface area (Å²) >= 11 is 1.79. The van der Waals surface area contributed by atoms with Gasteiger partial charge in [0.05, 0.1) is 25.2 Å². The van der Waals surface area contributed by atoms with Crippen LogP contribution < -0.4 is 20.5 Å². The predicted molar refractivity (Wildman–Crippen MR) is 169 cm³/mol. The number of anilines is 1. The Bertz CT molecular complexity index is 1590. The Balaban J connectivity index is 1.05. The molecule has 4 aromatic rings. The summed E-state index contributed by atoms with van der Waals surface area (Å²) < 4.78 is 18.8. The Labute approximate surface area is 254 Å². The highest BCUT2D eigenvalue weighted by atomic mass is 32.1. The van der Waals surface area contributed by atoms with Gasteiger partial charge < -0.3 is 24.4 Å². The SMILES string of the molecule is CCOC(=O)CCNC(=O)OCn1c(=O)ccc2ccc(OCCCCN3CCN(c4cccc5sccc45)CC3)cc21. The number of nitrogens with zero attached hydrogens (tertiary/aromatic N) is 3. The predicted octanol–water partition coefficient (Wildman–Crippen LogP) is 4.83. The van der Waals surface area contributed by atoms with Crippen LogP contribution in [-0.4, -0.2) is 74.0 Å². The number of nitrogens with one attached hydrogen (secondary N) is 1. The number of hydrogen-bond acceptors (Lipinski definition) is 9. The molecule has 0 spiro atoms. The molecule has 0 bridgehead atoms. The maximum atomic E-state index is 12.6. The van der Waals surface area contributed by atoms with Crippen LogP contribution in [0.25, 0.3) is 21.0 Å².